The molecule has 0 aliphatic carbocycles. The van der Waals surface area contributed by atoms with E-state index < -0.39 is 48.9 Å². The van der Waals surface area contributed by atoms with E-state index in [0.717, 1.165) is 16.3 Å². The molecule has 214 valence electrons. The molecule has 1 amide bonds. The molecule has 1 aliphatic rings. The van der Waals surface area contributed by atoms with Gasteiger partial charge in [-0.05, 0) is 34.5 Å². The van der Waals surface area contributed by atoms with E-state index in [-0.39, 0.29) is 6.54 Å². The lowest BCUT2D eigenvalue weighted by Gasteiger charge is -2.46. The Morgan fingerprint density at radius 2 is 1.67 bits per heavy atom. The first-order valence-electron chi connectivity index (χ1n) is 13.6. The first-order chi connectivity index (χ1) is 20.4. The van der Waals surface area contributed by atoms with Crippen molar-refractivity contribution in [2.75, 3.05) is 6.61 Å². The highest BCUT2D eigenvalue weighted by molar-refractivity contribution is 6.07. The zero-order valence-electron chi connectivity index (χ0n) is 22.4. The van der Waals surface area contributed by atoms with Gasteiger partial charge in [-0.15, -0.1) is 5.10 Å². The summed E-state index contributed by atoms with van der Waals surface area (Å²) in [5.41, 5.74) is 1.99. The minimum absolute atomic E-state index is 0.0808. The third-order valence-electron chi connectivity index (χ3n) is 7.59. The van der Waals surface area contributed by atoms with Crippen LogP contribution in [-0.4, -0.2) is 72.3 Å². The predicted octanol–water partition coefficient (Wildman–Crippen LogP) is 3.56. The van der Waals surface area contributed by atoms with Gasteiger partial charge in [-0.25, -0.2) is 9.07 Å². The van der Waals surface area contributed by atoms with Crippen molar-refractivity contribution in [2.45, 2.75) is 37.1 Å². The Morgan fingerprint density at radius 1 is 0.929 bits per heavy atom. The van der Waals surface area contributed by atoms with E-state index in [2.05, 4.69) is 10.3 Å². The molecule has 1 aliphatic heterocycles. The van der Waals surface area contributed by atoms with Crippen LogP contribution in [0.4, 0.5) is 4.39 Å². The van der Waals surface area contributed by atoms with Crippen LogP contribution in [0.3, 0.4) is 0 Å². The van der Waals surface area contributed by atoms with Crippen LogP contribution < -0.4 is 0 Å². The number of aliphatic hydroxyl groups excluding tert-OH is 3. The molecule has 3 N–H and O–H groups in total. The van der Waals surface area contributed by atoms with Crippen molar-refractivity contribution in [3.63, 3.8) is 0 Å². The first-order valence-corrected chi connectivity index (χ1v) is 13.6. The Bertz CT molecular complexity index is 1690. The van der Waals surface area contributed by atoms with Gasteiger partial charge < -0.3 is 25.0 Å². The van der Waals surface area contributed by atoms with Crippen molar-refractivity contribution in [1.82, 2.24) is 19.9 Å². The Labute approximate surface area is 241 Å². The quantitative estimate of drug-likeness (QED) is 0.275. The summed E-state index contributed by atoms with van der Waals surface area (Å²) >= 11 is 0. The van der Waals surface area contributed by atoms with Crippen molar-refractivity contribution in [1.29, 1.82) is 0 Å². The normalized spacial score (nSPS) is 22.2. The van der Waals surface area contributed by atoms with Gasteiger partial charge in [-0.2, -0.15) is 0 Å². The number of benzene rings is 4. The number of carbonyl (C=O) groups is 1. The molecule has 6 rings (SSSR count). The number of aliphatic hydroxyl groups is 3. The van der Waals surface area contributed by atoms with Gasteiger partial charge in [0.15, 0.2) is 6.23 Å². The summed E-state index contributed by atoms with van der Waals surface area (Å²) in [5.74, 6) is -0.845. The summed E-state index contributed by atoms with van der Waals surface area (Å²) in [4.78, 5) is 15.7. The number of aromatic nitrogens is 3. The molecular weight excluding hydrogens is 539 g/mol. The second-order valence-electron chi connectivity index (χ2n) is 10.3. The van der Waals surface area contributed by atoms with Gasteiger partial charge in [-0.3, -0.25) is 4.79 Å². The van der Waals surface area contributed by atoms with Gasteiger partial charge in [0, 0.05) is 17.7 Å². The van der Waals surface area contributed by atoms with Crippen molar-refractivity contribution in [3.05, 3.63) is 120 Å². The second-order valence-corrected chi connectivity index (χ2v) is 10.3. The lowest BCUT2D eigenvalue weighted by Crippen LogP contribution is -2.61. The minimum atomic E-state index is -1.48. The standard InChI is InChI=1S/C32H29FN4O5/c33-23-13-6-12-22(16-23)26-18-37(35-34-26)28-29(39)27(19-38)42-32(30(28)40)36(17-20-8-2-1-3-9-20)31(41)25-15-7-11-21-10-4-5-14-24(21)25/h1-16,18,27-30,32,38-40H,17,19H2/t27-,28+,29+,30-,32-/m1/s1. The summed E-state index contributed by atoms with van der Waals surface area (Å²) in [7, 11) is 0. The molecule has 4 aromatic carbocycles. The summed E-state index contributed by atoms with van der Waals surface area (Å²) in [5, 5.41) is 42.9. The molecular formula is C32H29FN4O5. The molecule has 0 saturated carbocycles. The van der Waals surface area contributed by atoms with Gasteiger partial charge in [0.2, 0.25) is 0 Å². The van der Waals surface area contributed by atoms with E-state index >= 15 is 0 Å². The van der Waals surface area contributed by atoms with Gasteiger partial charge in [0.1, 0.15) is 35.9 Å². The van der Waals surface area contributed by atoms with E-state index in [0.29, 0.717) is 16.8 Å². The lowest BCUT2D eigenvalue weighted by atomic mass is 9.94. The summed E-state index contributed by atoms with van der Waals surface area (Å²) in [6.07, 6.45) is -3.81. The van der Waals surface area contributed by atoms with Crippen LogP contribution >= 0.6 is 0 Å². The summed E-state index contributed by atoms with van der Waals surface area (Å²) in [6, 6.07) is 26.9. The highest BCUT2D eigenvalue weighted by Gasteiger charge is 2.49. The van der Waals surface area contributed by atoms with Crippen LogP contribution in [0.1, 0.15) is 22.0 Å². The smallest absolute Gasteiger partial charge is 0.256 e. The van der Waals surface area contributed by atoms with E-state index in [4.69, 9.17) is 4.74 Å². The maximum Gasteiger partial charge on any atom is 0.256 e. The van der Waals surface area contributed by atoms with Gasteiger partial charge in [-0.1, -0.05) is 84.1 Å². The Balaban J connectivity index is 1.40. The number of halogens is 1. The van der Waals surface area contributed by atoms with Gasteiger partial charge >= 0.3 is 0 Å². The number of fused-ring (bicyclic) bond motifs is 1. The molecule has 5 aromatic rings. The van der Waals surface area contributed by atoms with Crippen molar-refractivity contribution in [3.8, 4) is 11.3 Å². The van der Waals surface area contributed by atoms with E-state index in [1.54, 1.807) is 24.3 Å². The summed E-state index contributed by atoms with van der Waals surface area (Å²) in [6.45, 7) is -0.495. The first kappa shape index (κ1) is 27.7. The van der Waals surface area contributed by atoms with Crippen LogP contribution in [0.15, 0.2) is 103 Å². The molecule has 0 unspecified atom stereocenters. The number of amides is 1. The Kier molecular flexibility index (Phi) is 7.77. The molecule has 5 atom stereocenters. The molecule has 9 nitrogen and oxygen atoms in total. The molecule has 1 fully saturated rings. The Hall–Kier alpha value is -4.48. The topological polar surface area (TPSA) is 121 Å². The summed E-state index contributed by atoms with van der Waals surface area (Å²) < 4.78 is 21.2. The van der Waals surface area contributed by atoms with Crippen LogP contribution in [0.2, 0.25) is 0 Å². The molecule has 2 heterocycles. The predicted molar refractivity (Wildman–Crippen MR) is 152 cm³/mol. The zero-order chi connectivity index (χ0) is 29.2. The highest BCUT2D eigenvalue weighted by atomic mass is 19.1. The fourth-order valence-electron chi connectivity index (χ4n) is 5.48. The zero-order valence-corrected chi connectivity index (χ0v) is 22.4. The third kappa shape index (κ3) is 5.28. The Morgan fingerprint density at radius 3 is 2.45 bits per heavy atom. The molecule has 0 spiro atoms. The van der Waals surface area contributed by atoms with Gasteiger partial charge in [0.25, 0.3) is 5.91 Å². The molecule has 1 saturated heterocycles. The molecule has 42 heavy (non-hydrogen) atoms. The van der Waals surface area contributed by atoms with Crippen LogP contribution in [-0.2, 0) is 11.3 Å². The highest BCUT2D eigenvalue weighted by Crippen LogP contribution is 2.34. The maximum absolute atomic E-state index is 14.3. The number of hydrogen-bond donors (Lipinski definition) is 3. The second kappa shape index (κ2) is 11.8. The fourth-order valence-corrected chi connectivity index (χ4v) is 5.48. The molecule has 1 aromatic heterocycles. The minimum Gasteiger partial charge on any atom is -0.394 e. The number of hydrogen-bond acceptors (Lipinski definition) is 7. The molecule has 0 bridgehead atoms. The van der Waals surface area contributed by atoms with Crippen molar-refractivity contribution >= 4 is 16.7 Å². The average molecular weight is 569 g/mol. The number of nitrogens with zero attached hydrogens (tertiary/aromatic N) is 4. The van der Waals surface area contributed by atoms with E-state index in [9.17, 15) is 24.5 Å². The van der Waals surface area contributed by atoms with Crippen LogP contribution in [0.25, 0.3) is 22.0 Å². The monoisotopic (exact) mass is 568 g/mol. The maximum atomic E-state index is 14.3. The van der Waals surface area contributed by atoms with Crippen LogP contribution in [0.5, 0.6) is 0 Å². The van der Waals surface area contributed by atoms with Crippen molar-refractivity contribution < 1.29 is 29.2 Å². The van der Waals surface area contributed by atoms with Crippen LogP contribution in [0, 0.1) is 5.82 Å². The van der Waals surface area contributed by atoms with E-state index in [1.807, 2.05) is 60.7 Å². The fraction of sp³-hybridized carbons (Fsp3) is 0.219. The number of rotatable bonds is 7. The largest absolute Gasteiger partial charge is 0.394 e. The third-order valence-corrected chi connectivity index (χ3v) is 7.59. The lowest BCUT2D eigenvalue weighted by molar-refractivity contribution is -0.239. The van der Waals surface area contributed by atoms with Crippen molar-refractivity contribution in [2.24, 2.45) is 0 Å². The molecule has 0 radical (unpaired) electrons. The SMILES string of the molecule is O=C(c1cccc2ccccc12)N(Cc1ccccc1)[C@@H]1O[C@H](CO)[C@H](O)[C@H](n2cc(-c3cccc(F)c3)nn2)[C@H]1O. The van der Waals surface area contributed by atoms with E-state index in [1.165, 1.54) is 27.9 Å². The van der Waals surface area contributed by atoms with Gasteiger partial charge in [0.05, 0.1) is 12.8 Å². The molecule has 10 heteroatoms. The number of ether oxygens (including phenoxy) is 1. The average Bonchev–Trinajstić information content (AvgIpc) is 3.50. The number of carbonyl (C=O) groups excluding carboxylic acids is 1.